The van der Waals surface area contributed by atoms with E-state index < -0.39 is 12.0 Å². The predicted octanol–water partition coefficient (Wildman–Crippen LogP) is 1.55. The van der Waals surface area contributed by atoms with Gasteiger partial charge < -0.3 is 19.5 Å². The molecule has 0 aromatic heterocycles. The Hall–Kier alpha value is -2.50. The van der Waals surface area contributed by atoms with Gasteiger partial charge >= 0.3 is 5.97 Å². The molecule has 2 aliphatic rings. The zero-order valence-corrected chi connectivity index (χ0v) is 12.2. The van der Waals surface area contributed by atoms with Crippen molar-refractivity contribution in [3.8, 4) is 11.5 Å². The second-order valence-electron chi connectivity index (χ2n) is 5.36. The lowest BCUT2D eigenvalue weighted by Gasteiger charge is -2.25. The molecule has 6 heteroatoms. The van der Waals surface area contributed by atoms with Crippen molar-refractivity contribution in [3.05, 3.63) is 29.3 Å². The molecule has 2 aliphatic heterocycles. The van der Waals surface area contributed by atoms with Gasteiger partial charge in [0.1, 0.15) is 24.1 Å². The van der Waals surface area contributed by atoms with Crippen molar-refractivity contribution in [1.29, 1.82) is 0 Å². The molecule has 6 nitrogen and oxygen atoms in total. The van der Waals surface area contributed by atoms with Gasteiger partial charge in [-0.1, -0.05) is 0 Å². The number of hydrogen-bond donors (Lipinski definition) is 1. The van der Waals surface area contributed by atoms with Gasteiger partial charge in [-0.05, 0) is 37.1 Å². The van der Waals surface area contributed by atoms with Crippen LogP contribution in [0, 0.1) is 0 Å². The molecule has 1 amide bonds. The summed E-state index contributed by atoms with van der Waals surface area (Å²) in [5, 5.41) is 9.20. The number of nitrogens with zero attached hydrogens (tertiary/aromatic N) is 1. The van der Waals surface area contributed by atoms with E-state index in [1.165, 1.54) is 4.90 Å². The van der Waals surface area contributed by atoms with E-state index in [-0.39, 0.29) is 12.5 Å². The smallest absolute Gasteiger partial charge is 0.326 e. The summed E-state index contributed by atoms with van der Waals surface area (Å²) in [7, 11) is 1.57. The lowest BCUT2D eigenvalue weighted by Crippen LogP contribution is -2.42. The van der Waals surface area contributed by atoms with Crippen LogP contribution in [-0.4, -0.2) is 48.2 Å². The molecular formula is C16H17NO5. The standard InChI is InChI=1S/C16H17NO5/c1-21-12-4-5-14-10(8-12)7-11(9-22-14)15(18)17-6-2-3-13(17)16(19)20/h4-5,7-8,13H,2-3,6,9H2,1H3,(H,19,20)/t13-/m0/s1. The van der Waals surface area contributed by atoms with Crippen molar-refractivity contribution in [1.82, 2.24) is 4.90 Å². The molecule has 2 heterocycles. The molecule has 0 saturated carbocycles. The van der Waals surface area contributed by atoms with Crippen molar-refractivity contribution >= 4 is 18.0 Å². The van der Waals surface area contributed by atoms with Crippen LogP contribution in [-0.2, 0) is 9.59 Å². The van der Waals surface area contributed by atoms with Gasteiger partial charge in [-0.15, -0.1) is 0 Å². The number of rotatable bonds is 3. The molecule has 1 saturated heterocycles. The average Bonchev–Trinajstić information content (AvgIpc) is 3.02. The minimum Gasteiger partial charge on any atom is -0.497 e. The zero-order valence-electron chi connectivity index (χ0n) is 12.2. The monoisotopic (exact) mass is 303 g/mol. The van der Waals surface area contributed by atoms with Gasteiger partial charge in [0, 0.05) is 12.1 Å². The lowest BCUT2D eigenvalue weighted by atomic mass is 10.1. The van der Waals surface area contributed by atoms with Crippen molar-refractivity contribution in [3.63, 3.8) is 0 Å². The van der Waals surface area contributed by atoms with Crippen LogP contribution in [0.5, 0.6) is 11.5 Å². The number of ether oxygens (including phenoxy) is 2. The number of carbonyl (C=O) groups is 2. The van der Waals surface area contributed by atoms with E-state index in [0.717, 1.165) is 5.56 Å². The lowest BCUT2D eigenvalue weighted by molar-refractivity contribution is -0.147. The van der Waals surface area contributed by atoms with Crippen LogP contribution in [0.25, 0.3) is 6.08 Å². The second-order valence-corrected chi connectivity index (χ2v) is 5.36. The Balaban J connectivity index is 1.87. The summed E-state index contributed by atoms with van der Waals surface area (Å²) >= 11 is 0. The van der Waals surface area contributed by atoms with E-state index in [0.29, 0.717) is 36.5 Å². The van der Waals surface area contributed by atoms with E-state index in [2.05, 4.69) is 0 Å². The van der Waals surface area contributed by atoms with E-state index in [4.69, 9.17) is 9.47 Å². The largest absolute Gasteiger partial charge is 0.497 e. The van der Waals surface area contributed by atoms with Gasteiger partial charge in [0.2, 0.25) is 0 Å². The van der Waals surface area contributed by atoms with Crippen LogP contribution in [0.2, 0.25) is 0 Å². The summed E-state index contributed by atoms with van der Waals surface area (Å²) in [4.78, 5) is 25.2. The third-order valence-corrected chi connectivity index (χ3v) is 4.00. The van der Waals surface area contributed by atoms with Gasteiger partial charge in [-0.25, -0.2) is 4.79 Å². The van der Waals surface area contributed by atoms with Gasteiger partial charge in [-0.3, -0.25) is 4.79 Å². The van der Waals surface area contributed by atoms with Crippen LogP contribution in [0.15, 0.2) is 23.8 Å². The minimum atomic E-state index is -0.953. The topological polar surface area (TPSA) is 76.1 Å². The molecule has 0 bridgehead atoms. The molecule has 1 N–H and O–H groups in total. The molecule has 0 unspecified atom stereocenters. The molecule has 116 valence electrons. The van der Waals surface area contributed by atoms with Crippen molar-refractivity contribution in [2.45, 2.75) is 18.9 Å². The highest BCUT2D eigenvalue weighted by Crippen LogP contribution is 2.31. The van der Waals surface area contributed by atoms with Crippen LogP contribution >= 0.6 is 0 Å². The highest BCUT2D eigenvalue weighted by molar-refractivity contribution is 6.01. The second kappa shape index (κ2) is 5.71. The van der Waals surface area contributed by atoms with Crippen LogP contribution in [0.1, 0.15) is 18.4 Å². The van der Waals surface area contributed by atoms with E-state index in [1.54, 1.807) is 31.4 Å². The van der Waals surface area contributed by atoms with Crippen molar-refractivity contribution in [2.24, 2.45) is 0 Å². The number of likely N-dealkylation sites (tertiary alicyclic amines) is 1. The molecule has 1 fully saturated rings. The number of hydrogen-bond acceptors (Lipinski definition) is 4. The number of benzene rings is 1. The third-order valence-electron chi connectivity index (χ3n) is 4.00. The maximum atomic E-state index is 12.6. The highest BCUT2D eigenvalue weighted by Gasteiger charge is 2.35. The molecule has 1 atom stereocenters. The molecule has 3 rings (SSSR count). The Bertz CT molecular complexity index is 652. The van der Waals surface area contributed by atoms with Crippen LogP contribution < -0.4 is 9.47 Å². The van der Waals surface area contributed by atoms with Crippen LogP contribution in [0.3, 0.4) is 0 Å². The Labute approximate surface area is 127 Å². The Kier molecular flexibility index (Phi) is 3.75. The fourth-order valence-electron chi connectivity index (χ4n) is 2.86. The van der Waals surface area contributed by atoms with Crippen molar-refractivity contribution in [2.75, 3.05) is 20.3 Å². The molecule has 0 spiro atoms. The number of aliphatic carboxylic acids is 1. The van der Waals surface area contributed by atoms with Gasteiger partial charge in [0.05, 0.1) is 12.7 Å². The summed E-state index contributed by atoms with van der Waals surface area (Å²) < 4.78 is 10.8. The summed E-state index contributed by atoms with van der Waals surface area (Å²) in [6.45, 7) is 0.624. The Morgan fingerprint density at radius 2 is 2.23 bits per heavy atom. The third kappa shape index (κ3) is 2.52. The SMILES string of the molecule is COc1ccc2c(c1)C=C(C(=O)N1CCC[C@H]1C(=O)O)CO2. The molecule has 1 aromatic rings. The maximum Gasteiger partial charge on any atom is 0.326 e. The zero-order chi connectivity index (χ0) is 15.7. The van der Waals surface area contributed by atoms with Gasteiger partial charge in [0.25, 0.3) is 5.91 Å². The fourth-order valence-corrected chi connectivity index (χ4v) is 2.86. The first-order chi connectivity index (χ1) is 10.6. The quantitative estimate of drug-likeness (QED) is 0.917. The molecule has 22 heavy (non-hydrogen) atoms. The first-order valence-electron chi connectivity index (χ1n) is 7.15. The summed E-state index contributed by atoms with van der Waals surface area (Å²) in [6.07, 6.45) is 2.96. The van der Waals surface area contributed by atoms with Crippen molar-refractivity contribution < 1.29 is 24.2 Å². The molecule has 1 aromatic carbocycles. The average molecular weight is 303 g/mol. The van der Waals surface area contributed by atoms with E-state index in [9.17, 15) is 14.7 Å². The number of carbonyl (C=O) groups excluding carboxylic acids is 1. The number of methoxy groups -OCH3 is 1. The first-order valence-corrected chi connectivity index (χ1v) is 7.15. The van der Waals surface area contributed by atoms with Gasteiger partial charge in [0.15, 0.2) is 0 Å². The van der Waals surface area contributed by atoms with E-state index >= 15 is 0 Å². The fraction of sp³-hybridized carbons (Fsp3) is 0.375. The highest BCUT2D eigenvalue weighted by atomic mass is 16.5. The number of fused-ring (bicyclic) bond motifs is 1. The first kappa shape index (κ1) is 14.4. The summed E-state index contributed by atoms with van der Waals surface area (Å²) in [5.41, 5.74) is 1.23. The summed E-state index contributed by atoms with van der Waals surface area (Å²) in [6, 6.07) is 4.64. The van der Waals surface area contributed by atoms with Gasteiger partial charge in [-0.2, -0.15) is 0 Å². The number of carboxylic acid groups (broad SMARTS) is 1. The van der Waals surface area contributed by atoms with E-state index in [1.807, 2.05) is 0 Å². The molecule has 0 aliphatic carbocycles. The normalized spacial score (nSPS) is 20.0. The molecule has 0 radical (unpaired) electrons. The minimum absolute atomic E-state index is 0.154. The predicted molar refractivity (Wildman–Crippen MR) is 78.8 cm³/mol. The van der Waals surface area contributed by atoms with Crippen LogP contribution in [0.4, 0.5) is 0 Å². The Morgan fingerprint density at radius 3 is 2.95 bits per heavy atom. The maximum absolute atomic E-state index is 12.6. The summed E-state index contributed by atoms with van der Waals surface area (Å²) in [5.74, 6) is 0.147. The number of carboxylic acids is 1. The molecular weight excluding hydrogens is 286 g/mol. The Morgan fingerprint density at radius 1 is 1.41 bits per heavy atom. The number of amides is 1.